The SMILES string of the molecule is O=C(O[C@H](Sc1nc2ccccc2s1)c1ccccc1)c1ccc(Cl)cc1. The third-order valence-corrected chi connectivity index (χ3v) is 6.34. The number of hydrogen-bond donors (Lipinski definition) is 0. The predicted molar refractivity (Wildman–Crippen MR) is 112 cm³/mol. The molecule has 3 aromatic carbocycles. The van der Waals surface area contributed by atoms with Crippen molar-refractivity contribution in [2.75, 3.05) is 0 Å². The van der Waals surface area contributed by atoms with Gasteiger partial charge in [0.2, 0.25) is 0 Å². The highest BCUT2D eigenvalue weighted by Crippen LogP contribution is 2.40. The Kier molecular flexibility index (Phi) is 5.43. The maximum Gasteiger partial charge on any atom is 0.339 e. The monoisotopic (exact) mass is 411 g/mol. The smallest absolute Gasteiger partial charge is 0.339 e. The number of benzene rings is 3. The van der Waals surface area contributed by atoms with E-state index in [0.717, 1.165) is 20.1 Å². The average Bonchev–Trinajstić information content (AvgIpc) is 3.11. The lowest BCUT2D eigenvalue weighted by atomic mass is 10.2. The second-order valence-corrected chi connectivity index (χ2v) is 8.50. The molecule has 0 aliphatic heterocycles. The van der Waals surface area contributed by atoms with E-state index in [1.807, 2.05) is 54.6 Å². The summed E-state index contributed by atoms with van der Waals surface area (Å²) in [4.78, 5) is 17.2. The summed E-state index contributed by atoms with van der Waals surface area (Å²) < 4.78 is 7.77. The average molecular weight is 412 g/mol. The Bertz CT molecular complexity index is 1030. The number of para-hydroxylation sites is 1. The second kappa shape index (κ2) is 8.13. The number of thiazole rings is 1. The first-order valence-corrected chi connectivity index (χ1v) is 10.3. The van der Waals surface area contributed by atoms with Gasteiger partial charge in [-0.3, -0.25) is 0 Å². The second-order valence-electron chi connectivity index (χ2n) is 5.72. The lowest BCUT2D eigenvalue weighted by molar-refractivity contribution is 0.0457. The van der Waals surface area contributed by atoms with Crippen LogP contribution >= 0.6 is 34.7 Å². The molecule has 134 valence electrons. The van der Waals surface area contributed by atoms with Crippen molar-refractivity contribution in [1.82, 2.24) is 4.98 Å². The third kappa shape index (κ3) is 4.33. The molecule has 1 atom stereocenters. The van der Waals surface area contributed by atoms with Crippen LogP contribution in [0.4, 0.5) is 0 Å². The molecular formula is C21H14ClNO2S2. The van der Waals surface area contributed by atoms with Gasteiger partial charge in [-0.25, -0.2) is 9.78 Å². The van der Waals surface area contributed by atoms with Crippen LogP contribution in [0.5, 0.6) is 0 Å². The van der Waals surface area contributed by atoms with E-state index in [-0.39, 0.29) is 0 Å². The standard InChI is InChI=1S/C21H14ClNO2S2/c22-16-12-10-14(11-13-16)19(24)25-20(15-6-2-1-3-7-15)27-21-23-17-8-4-5-9-18(17)26-21/h1-13,20H/t20-/m1/s1. The quantitative estimate of drug-likeness (QED) is 0.211. The van der Waals surface area contributed by atoms with Crippen LogP contribution in [0.25, 0.3) is 10.2 Å². The molecule has 0 unspecified atom stereocenters. The number of esters is 1. The lowest BCUT2D eigenvalue weighted by Gasteiger charge is -2.16. The fraction of sp³-hybridized carbons (Fsp3) is 0.0476. The van der Waals surface area contributed by atoms with Gasteiger partial charge in [-0.15, -0.1) is 11.3 Å². The highest BCUT2D eigenvalue weighted by atomic mass is 35.5. The zero-order valence-electron chi connectivity index (χ0n) is 14.0. The maximum atomic E-state index is 12.6. The topological polar surface area (TPSA) is 39.2 Å². The maximum absolute atomic E-state index is 12.6. The van der Waals surface area contributed by atoms with E-state index < -0.39 is 11.4 Å². The minimum absolute atomic E-state index is 0.394. The molecule has 0 amide bonds. The summed E-state index contributed by atoms with van der Waals surface area (Å²) in [7, 11) is 0. The zero-order chi connectivity index (χ0) is 18.6. The lowest BCUT2D eigenvalue weighted by Crippen LogP contribution is -2.09. The number of fused-ring (bicyclic) bond motifs is 1. The Balaban J connectivity index is 1.60. The van der Waals surface area contributed by atoms with Gasteiger partial charge in [0, 0.05) is 10.6 Å². The van der Waals surface area contributed by atoms with Crippen molar-refractivity contribution >= 4 is 50.9 Å². The molecule has 0 bridgehead atoms. The number of carbonyl (C=O) groups is 1. The van der Waals surface area contributed by atoms with Crippen LogP contribution in [0.2, 0.25) is 5.02 Å². The fourth-order valence-electron chi connectivity index (χ4n) is 2.51. The molecule has 1 heterocycles. The number of carbonyl (C=O) groups excluding carboxylic acids is 1. The van der Waals surface area contributed by atoms with E-state index in [4.69, 9.17) is 16.3 Å². The van der Waals surface area contributed by atoms with Crippen LogP contribution in [0.1, 0.15) is 21.4 Å². The predicted octanol–water partition coefficient (Wildman–Crippen LogP) is 6.60. The van der Waals surface area contributed by atoms with Crippen LogP contribution in [-0.4, -0.2) is 11.0 Å². The molecule has 27 heavy (non-hydrogen) atoms. The fourth-order valence-corrected chi connectivity index (χ4v) is 4.82. The summed E-state index contributed by atoms with van der Waals surface area (Å²) in [5, 5.41) is 0.579. The number of rotatable bonds is 5. The number of thioether (sulfide) groups is 1. The highest BCUT2D eigenvalue weighted by molar-refractivity contribution is 8.01. The van der Waals surface area contributed by atoms with Gasteiger partial charge >= 0.3 is 5.97 Å². The van der Waals surface area contributed by atoms with Crippen molar-refractivity contribution in [2.45, 2.75) is 9.78 Å². The molecule has 0 fully saturated rings. The minimum Gasteiger partial charge on any atom is -0.442 e. The molecule has 0 saturated heterocycles. The van der Waals surface area contributed by atoms with Gasteiger partial charge in [0.25, 0.3) is 0 Å². The Labute approximate surface area is 170 Å². The van der Waals surface area contributed by atoms with Crippen molar-refractivity contribution in [2.24, 2.45) is 0 Å². The molecule has 0 aliphatic carbocycles. The van der Waals surface area contributed by atoms with Gasteiger partial charge in [-0.1, -0.05) is 54.1 Å². The van der Waals surface area contributed by atoms with Crippen molar-refractivity contribution in [3.8, 4) is 0 Å². The van der Waals surface area contributed by atoms with Crippen molar-refractivity contribution in [3.05, 3.63) is 95.0 Å². The number of ether oxygens (including phenoxy) is 1. The summed E-state index contributed by atoms with van der Waals surface area (Å²) in [6, 6.07) is 24.3. The van der Waals surface area contributed by atoms with E-state index in [1.54, 1.807) is 35.6 Å². The Hall–Kier alpha value is -2.34. The number of halogens is 1. The summed E-state index contributed by atoms with van der Waals surface area (Å²) in [6.45, 7) is 0. The molecule has 4 aromatic rings. The van der Waals surface area contributed by atoms with Gasteiger partial charge < -0.3 is 4.74 Å². The van der Waals surface area contributed by atoms with E-state index in [1.165, 1.54) is 11.8 Å². The molecule has 1 aromatic heterocycles. The third-order valence-electron chi connectivity index (χ3n) is 3.85. The Morgan fingerprint density at radius 3 is 2.41 bits per heavy atom. The summed E-state index contributed by atoms with van der Waals surface area (Å²) in [5.41, 5.74) is 1.82. The molecular weight excluding hydrogens is 398 g/mol. The first kappa shape index (κ1) is 18.0. The summed E-state index contributed by atoms with van der Waals surface area (Å²) in [6.07, 6.45) is 0. The highest BCUT2D eigenvalue weighted by Gasteiger charge is 2.21. The molecule has 4 rings (SSSR count). The van der Waals surface area contributed by atoms with Gasteiger partial charge in [0.05, 0.1) is 15.8 Å². The molecule has 0 aliphatic rings. The summed E-state index contributed by atoms with van der Waals surface area (Å²) >= 11 is 8.92. The van der Waals surface area contributed by atoms with Crippen LogP contribution in [0.15, 0.2) is 83.2 Å². The largest absolute Gasteiger partial charge is 0.442 e. The normalized spacial score (nSPS) is 12.0. The molecule has 0 saturated carbocycles. The molecule has 0 spiro atoms. The molecule has 3 nitrogen and oxygen atoms in total. The van der Waals surface area contributed by atoms with Gasteiger partial charge in [0.1, 0.15) is 0 Å². The van der Waals surface area contributed by atoms with Crippen molar-refractivity contribution in [1.29, 1.82) is 0 Å². The van der Waals surface area contributed by atoms with E-state index >= 15 is 0 Å². The van der Waals surface area contributed by atoms with E-state index in [0.29, 0.717) is 10.6 Å². The molecule has 6 heteroatoms. The number of hydrogen-bond acceptors (Lipinski definition) is 5. The first-order chi connectivity index (χ1) is 13.2. The first-order valence-electron chi connectivity index (χ1n) is 8.23. The van der Waals surface area contributed by atoms with Crippen LogP contribution in [-0.2, 0) is 4.74 Å². The minimum atomic E-state index is -0.491. The Morgan fingerprint density at radius 2 is 1.67 bits per heavy atom. The van der Waals surface area contributed by atoms with Gasteiger partial charge in [0.15, 0.2) is 9.78 Å². The zero-order valence-corrected chi connectivity index (χ0v) is 16.4. The van der Waals surface area contributed by atoms with Gasteiger partial charge in [-0.2, -0.15) is 0 Å². The van der Waals surface area contributed by atoms with Gasteiger partial charge in [-0.05, 0) is 48.2 Å². The van der Waals surface area contributed by atoms with E-state index in [2.05, 4.69) is 4.98 Å². The molecule has 0 radical (unpaired) electrons. The Morgan fingerprint density at radius 1 is 0.963 bits per heavy atom. The number of nitrogens with zero attached hydrogens (tertiary/aromatic N) is 1. The molecule has 0 N–H and O–H groups in total. The van der Waals surface area contributed by atoms with Crippen molar-refractivity contribution in [3.63, 3.8) is 0 Å². The van der Waals surface area contributed by atoms with Crippen LogP contribution < -0.4 is 0 Å². The van der Waals surface area contributed by atoms with Crippen LogP contribution in [0.3, 0.4) is 0 Å². The number of aromatic nitrogens is 1. The van der Waals surface area contributed by atoms with Crippen molar-refractivity contribution < 1.29 is 9.53 Å². The van der Waals surface area contributed by atoms with E-state index in [9.17, 15) is 4.79 Å². The van der Waals surface area contributed by atoms with Crippen LogP contribution in [0, 0.1) is 0 Å². The summed E-state index contributed by atoms with van der Waals surface area (Å²) in [5.74, 6) is -0.394.